The van der Waals surface area contributed by atoms with Gasteiger partial charge in [0.2, 0.25) is 11.8 Å². The fraction of sp³-hybridized carbons (Fsp3) is 0.500. The van der Waals surface area contributed by atoms with Gasteiger partial charge in [-0.2, -0.15) is 5.10 Å². The normalized spacial score (nSPS) is 17.7. The number of carbonyl (C=O) groups is 2. The van der Waals surface area contributed by atoms with Gasteiger partial charge in [0.1, 0.15) is 11.6 Å². The molecule has 1 aromatic carbocycles. The van der Waals surface area contributed by atoms with Crippen LogP contribution in [0.4, 0.5) is 15.9 Å². The van der Waals surface area contributed by atoms with E-state index in [1.54, 1.807) is 22.9 Å². The van der Waals surface area contributed by atoms with E-state index in [0.29, 0.717) is 5.82 Å². The first-order valence-electron chi connectivity index (χ1n) is 9.84. The standard InChI is InChI=1S/C22H29FN4O2/c1-21(2,3)17-12-18(27(25-17)22(4,5)6)24-20(29)14-11-19(28)26(13-14)16-10-8-7-9-15(16)23/h7-10,12,14H,11,13H2,1-6H3,(H,24,29). The second kappa shape index (κ2) is 7.28. The maximum atomic E-state index is 14.1. The molecule has 156 valence electrons. The molecule has 1 aliphatic rings. The summed E-state index contributed by atoms with van der Waals surface area (Å²) in [5.74, 6) is -0.937. The lowest BCUT2D eigenvalue weighted by Gasteiger charge is -2.23. The molecular formula is C22H29FN4O2. The van der Waals surface area contributed by atoms with Gasteiger partial charge in [0.25, 0.3) is 0 Å². The molecule has 1 unspecified atom stereocenters. The van der Waals surface area contributed by atoms with E-state index < -0.39 is 11.7 Å². The summed E-state index contributed by atoms with van der Waals surface area (Å²) in [6.45, 7) is 12.4. The lowest BCUT2D eigenvalue weighted by atomic mass is 9.92. The van der Waals surface area contributed by atoms with Crippen molar-refractivity contribution in [2.45, 2.75) is 58.9 Å². The van der Waals surface area contributed by atoms with Gasteiger partial charge in [-0.05, 0) is 32.9 Å². The van der Waals surface area contributed by atoms with Gasteiger partial charge in [-0.25, -0.2) is 9.07 Å². The SMILES string of the molecule is CC(C)(C)c1cc(NC(=O)C2CC(=O)N(c3ccccc3F)C2)n(C(C)(C)C)n1. The Labute approximate surface area is 171 Å². The summed E-state index contributed by atoms with van der Waals surface area (Å²) in [5.41, 5.74) is 0.596. The number of nitrogens with zero attached hydrogens (tertiary/aromatic N) is 3. The second-order valence-electron chi connectivity index (χ2n) is 9.59. The molecule has 1 aliphatic heterocycles. The van der Waals surface area contributed by atoms with Gasteiger partial charge < -0.3 is 10.2 Å². The van der Waals surface area contributed by atoms with Gasteiger partial charge >= 0.3 is 0 Å². The lowest BCUT2D eigenvalue weighted by molar-refractivity contribution is -0.122. The molecule has 0 radical (unpaired) electrons. The molecule has 1 atom stereocenters. The number of benzene rings is 1. The minimum Gasteiger partial charge on any atom is -0.311 e. The number of amides is 2. The molecule has 0 aliphatic carbocycles. The highest BCUT2D eigenvalue weighted by molar-refractivity contribution is 6.03. The molecule has 7 heteroatoms. The number of carbonyl (C=O) groups excluding carboxylic acids is 2. The Balaban J connectivity index is 1.82. The van der Waals surface area contributed by atoms with Gasteiger partial charge in [0.05, 0.1) is 22.8 Å². The summed E-state index contributed by atoms with van der Waals surface area (Å²) < 4.78 is 15.9. The molecular weight excluding hydrogens is 371 g/mol. The molecule has 0 spiro atoms. The molecule has 2 heterocycles. The molecule has 6 nitrogen and oxygen atoms in total. The first kappa shape index (κ1) is 21.0. The Hall–Kier alpha value is -2.70. The van der Waals surface area contributed by atoms with Gasteiger partial charge in [0.15, 0.2) is 0 Å². The zero-order chi connectivity index (χ0) is 21.6. The maximum Gasteiger partial charge on any atom is 0.230 e. The molecule has 1 saturated heterocycles. The molecule has 1 fully saturated rings. The van der Waals surface area contributed by atoms with Crippen molar-refractivity contribution < 1.29 is 14.0 Å². The van der Waals surface area contributed by atoms with Crippen LogP contribution in [0.2, 0.25) is 0 Å². The zero-order valence-corrected chi connectivity index (χ0v) is 17.9. The van der Waals surface area contributed by atoms with Crippen LogP contribution >= 0.6 is 0 Å². The van der Waals surface area contributed by atoms with E-state index >= 15 is 0 Å². The zero-order valence-electron chi connectivity index (χ0n) is 17.9. The van der Waals surface area contributed by atoms with Crippen molar-refractivity contribution in [2.24, 2.45) is 5.92 Å². The molecule has 2 amide bonds. The minimum absolute atomic E-state index is 0.0515. The number of hydrogen-bond donors (Lipinski definition) is 1. The number of rotatable bonds is 3. The largest absolute Gasteiger partial charge is 0.311 e. The summed E-state index contributed by atoms with van der Waals surface area (Å²) in [5, 5.41) is 7.64. The van der Waals surface area contributed by atoms with E-state index in [4.69, 9.17) is 5.10 Å². The molecule has 2 aromatic rings. The van der Waals surface area contributed by atoms with Crippen LogP contribution < -0.4 is 10.2 Å². The molecule has 0 bridgehead atoms. The van der Waals surface area contributed by atoms with E-state index in [0.717, 1.165) is 5.69 Å². The van der Waals surface area contributed by atoms with Gasteiger partial charge in [-0.15, -0.1) is 0 Å². The van der Waals surface area contributed by atoms with Crippen LogP contribution in [-0.2, 0) is 20.5 Å². The Bertz CT molecular complexity index is 937. The predicted molar refractivity (Wildman–Crippen MR) is 111 cm³/mol. The van der Waals surface area contributed by atoms with Gasteiger partial charge in [-0.1, -0.05) is 32.9 Å². The first-order chi connectivity index (χ1) is 13.4. The Morgan fingerprint density at radius 3 is 2.41 bits per heavy atom. The summed E-state index contributed by atoms with van der Waals surface area (Å²) in [6.07, 6.45) is 0.0515. The van der Waals surface area contributed by atoms with Crippen LogP contribution in [0.15, 0.2) is 30.3 Å². The average molecular weight is 400 g/mol. The third kappa shape index (κ3) is 4.33. The monoisotopic (exact) mass is 400 g/mol. The quantitative estimate of drug-likeness (QED) is 0.845. The number of aromatic nitrogens is 2. The van der Waals surface area contributed by atoms with Crippen LogP contribution in [0.25, 0.3) is 0 Å². The number of hydrogen-bond acceptors (Lipinski definition) is 3. The van der Waals surface area contributed by atoms with Crippen molar-refractivity contribution in [3.63, 3.8) is 0 Å². The van der Waals surface area contributed by atoms with Crippen LogP contribution in [0.5, 0.6) is 0 Å². The number of para-hydroxylation sites is 1. The second-order valence-corrected chi connectivity index (χ2v) is 9.59. The third-order valence-electron chi connectivity index (χ3n) is 5.00. The highest BCUT2D eigenvalue weighted by Gasteiger charge is 2.37. The Morgan fingerprint density at radius 1 is 1.17 bits per heavy atom. The molecule has 1 aromatic heterocycles. The van der Waals surface area contributed by atoms with E-state index in [1.807, 2.05) is 26.8 Å². The fourth-order valence-electron chi connectivity index (χ4n) is 3.36. The van der Waals surface area contributed by atoms with Crippen molar-refractivity contribution in [3.8, 4) is 0 Å². The average Bonchev–Trinajstić information content (AvgIpc) is 3.19. The lowest BCUT2D eigenvalue weighted by Crippen LogP contribution is -2.31. The molecule has 0 saturated carbocycles. The van der Waals surface area contributed by atoms with Crippen molar-refractivity contribution in [2.75, 3.05) is 16.8 Å². The van der Waals surface area contributed by atoms with Gasteiger partial charge in [-0.3, -0.25) is 9.59 Å². The summed E-state index contributed by atoms with van der Waals surface area (Å²) >= 11 is 0. The number of halogens is 1. The van der Waals surface area contributed by atoms with Crippen LogP contribution in [0.1, 0.15) is 53.7 Å². The summed E-state index contributed by atoms with van der Waals surface area (Å²) in [6, 6.07) is 8.00. The smallest absolute Gasteiger partial charge is 0.230 e. The summed E-state index contributed by atoms with van der Waals surface area (Å²) in [4.78, 5) is 26.7. The highest BCUT2D eigenvalue weighted by Crippen LogP contribution is 2.31. The van der Waals surface area contributed by atoms with Crippen LogP contribution in [0, 0.1) is 11.7 Å². The van der Waals surface area contributed by atoms with Crippen molar-refractivity contribution in [3.05, 3.63) is 41.8 Å². The maximum absolute atomic E-state index is 14.1. The fourth-order valence-corrected chi connectivity index (χ4v) is 3.36. The predicted octanol–water partition coefficient (Wildman–Crippen LogP) is 4.07. The number of nitrogens with one attached hydrogen (secondary N) is 1. The molecule has 3 rings (SSSR count). The van der Waals surface area contributed by atoms with E-state index in [9.17, 15) is 14.0 Å². The van der Waals surface area contributed by atoms with E-state index in [-0.39, 0.29) is 41.4 Å². The topological polar surface area (TPSA) is 67.2 Å². The van der Waals surface area contributed by atoms with Crippen LogP contribution in [0.3, 0.4) is 0 Å². The molecule has 29 heavy (non-hydrogen) atoms. The van der Waals surface area contributed by atoms with Crippen molar-refractivity contribution in [1.82, 2.24) is 9.78 Å². The third-order valence-corrected chi connectivity index (χ3v) is 5.00. The Morgan fingerprint density at radius 2 is 1.83 bits per heavy atom. The van der Waals surface area contributed by atoms with E-state index in [1.165, 1.54) is 11.0 Å². The minimum atomic E-state index is -0.552. The highest BCUT2D eigenvalue weighted by atomic mass is 19.1. The van der Waals surface area contributed by atoms with E-state index in [2.05, 4.69) is 26.1 Å². The number of anilines is 2. The van der Waals surface area contributed by atoms with Crippen molar-refractivity contribution >= 4 is 23.3 Å². The summed E-state index contributed by atoms with van der Waals surface area (Å²) in [7, 11) is 0. The van der Waals surface area contributed by atoms with Gasteiger partial charge in [0, 0.05) is 24.4 Å². The molecule has 1 N–H and O–H groups in total. The van der Waals surface area contributed by atoms with Crippen LogP contribution in [-0.4, -0.2) is 28.1 Å². The Kier molecular flexibility index (Phi) is 5.28. The van der Waals surface area contributed by atoms with Crippen molar-refractivity contribution in [1.29, 1.82) is 0 Å². The first-order valence-corrected chi connectivity index (χ1v) is 9.84.